The van der Waals surface area contributed by atoms with E-state index in [1.165, 1.54) is 36.8 Å². The Kier molecular flexibility index (Phi) is 4.33. The van der Waals surface area contributed by atoms with Gasteiger partial charge < -0.3 is 0 Å². The first-order valence-corrected chi connectivity index (χ1v) is 5.75. The number of hydrazine groups is 1. The van der Waals surface area contributed by atoms with E-state index >= 15 is 0 Å². The number of halogens is 1. The van der Waals surface area contributed by atoms with Gasteiger partial charge in [0, 0.05) is 12.4 Å². The van der Waals surface area contributed by atoms with Crippen LogP contribution in [-0.4, -0.2) is 21.8 Å². The Labute approximate surface area is 114 Å². The van der Waals surface area contributed by atoms with Crippen molar-refractivity contribution in [2.45, 2.75) is 6.42 Å². The highest BCUT2D eigenvalue weighted by Crippen LogP contribution is 2.03. The Hall–Kier alpha value is -2.83. The summed E-state index contributed by atoms with van der Waals surface area (Å²) < 4.78 is 12.9. The van der Waals surface area contributed by atoms with Gasteiger partial charge in [0.2, 0.25) is 5.91 Å². The third-order valence-corrected chi connectivity index (χ3v) is 2.36. The summed E-state index contributed by atoms with van der Waals surface area (Å²) in [6, 6.07) is 5.67. The molecule has 102 valence electrons. The molecule has 0 saturated heterocycles. The van der Waals surface area contributed by atoms with E-state index in [0.29, 0.717) is 5.56 Å². The summed E-state index contributed by atoms with van der Waals surface area (Å²) in [7, 11) is 0. The van der Waals surface area contributed by atoms with Crippen molar-refractivity contribution in [2.75, 3.05) is 0 Å². The fraction of sp³-hybridized carbons (Fsp3) is 0.0769. The summed E-state index contributed by atoms with van der Waals surface area (Å²) in [6.45, 7) is 0. The number of benzene rings is 1. The fourth-order valence-electron chi connectivity index (χ4n) is 1.48. The number of rotatable bonds is 3. The molecule has 0 radical (unpaired) electrons. The summed E-state index contributed by atoms with van der Waals surface area (Å²) >= 11 is 0. The predicted molar refractivity (Wildman–Crippen MR) is 67.7 cm³/mol. The first-order valence-electron chi connectivity index (χ1n) is 5.75. The van der Waals surface area contributed by atoms with Gasteiger partial charge in [-0.15, -0.1) is 0 Å². The molecule has 2 rings (SSSR count). The number of aromatic nitrogens is 2. The number of carbonyl (C=O) groups is 2. The summed E-state index contributed by atoms with van der Waals surface area (Å²) in [5, 5.41) is 0. The van der Waals surface area contributed by atoms with Gasteiger partial charge in [-0.2, -0.15) is 0 Å². The lowest BCUT2D eigenvalue weighted by atomic mass is 10.1. The second kappa shape index (κ2) is 6.37. The Balaban J connectivity index is 1.85. The van der Waals surface area contributed by atoms with Gasteiger partial charge in [-0.1, -0.05) is 12.1 Å². The van der Waals surface area contributed by atoms with Gasteiger partial charge >= 0.3 is 0 Å². The molecular formula is C13H11FN4O2. The zero-order valence-corrected chi connectivity index (χ0v) is 10.3. The molecule has 0 atom stereocenters. The second-order valence-corrected chi connectivity index (χ2v) is 3.90. The Morgan fingerprint density at radius 2 is 2.05 bits per heavy atom. The van der Waals surface area contributed by atoms with Crippen LogP contribution in [-0.2, 0) is 11.2 Å². The molecule has 1 heterocycles. The number of nitrogens with one attached hydrogen (secondary N) is 2. The summed E-state index contributed by atoms with van der Waals surface area (Å²) in [5.74, 6) is -1.46. The maximum absolute atomic E-state index is 12.9. The van der Waals surface area contributed by atoms with Crippen molar-refractivity contribution < 1.29 is 14.0 Å². The average molecular weight is 274 g/mol. The van der Waals surface area contributed by atoms with E-state index < -0.39 is 17.6 Å². The van der Waals surface area contributed by atoms with Crippen LogP contribution in [0.4, 0.5) is 4.39 Å². The molecule has 20 heavy (non-hydrogen) atoms. The van der Waals surface area contributed by atoms with Crippen LogP contribution in [0, 0.1) is 5.82 Å². The normalized spacial score (nSPS) is 9.85. The highest BCUT2D eigenvalue weighted by Gasteiger charge is 2.09. The van der Waals surface area contributed by atoms with E-state index in [-0.39, 0.29) is 12.1 Å². The van der Waals surface area contributed by atoms with Gasteiger partial charge in [0.15, 0.2) is 0 Å². The lowest BCUT2D eigenvalue weighted by molar-refractivity contribution is -0.121. The van der Waals surface area contributed by atoms with E-state index in [4.69, 9.17) is 0 Å². The molecule has 2 amide bonds. The van der Waals surface area contributed by atoms with E-state index in [9.17, 15) is 14.0 Å². The van der Waals surface area contributed by atoms with Crippen molar-refractivity contribution in [3.8, 4) is 0 Å². The van der Waals surface area contributed by atoms with Crippen molar-refractivity contribution in [3.63, 3.8) is 0 Å². The van der Waals surface area contributed by atoms with Gasteiger partial charge in [0.1, 0.15) is 11.5 Å². The third kappa shape index (κ3) is 3.84. The molecule has 0 fully saturated rings. The molecule has 0 aliphatic carbocycles. The van der Waals surface area contributed by atoms with Gasteiger partial charge in [-0.3, -0.25) is 25.4 Å². The monoisotopic (exact) mass is 274 g/mol. The molecule has 1 aromatic carbocycles. The number of amides is 2. The molecule has 0 aliphatic heterocycles. The summed E-state index contributed by atoms with van der Waals surface area (Å²) in [5.41, 5.74) is 5.01. The average Bonchev–Trinajstić information content (AvgIpc) is 2.46. The Morgan fingerprint density at radius 1 is 1.20 bits per heavy atom. The van der Waals surface area contributed by atoms with Crippen LogP contribution in [0.25, 0.3) is 0 Å². The van der Waals surface area contributed by atoms with Crippen LogP contribution in [0.2, 0.25) is 0 Å². The zero-order valence-electron chi connectivity index (χ0n) is 10.3. The van der Waals surface area contributed by atoms with Gasteiger partial charge in [0.25, 0.3) is 5.91 Å². The van der Waals surface area contributed by atoms with Gasteiger partial charge in [-0.05, 0) is 17.7 Å². The first kappa shape index (κ1) is 13.6. The first-order chi connectivity index (χ1) is 9.65. The van der Waals surface area contributed by atoms with Crippen molar-refractivity contribution in [2.24, 2.45) is 0 Å². The van der Waals surface area contributed by atoms with Crippen LogP contribution >= 0.6 is 0 Å². The lowest BCUT2D eigenvalue weighted by Gasteiger charge is -2.06. The van der Waals surface area contributed by atoms with Crippen LogP contribution in [0.3, 0.4) is 0 Å². The van der Waals surface area contributed by atoms with E-state index in [0.717, 1.165) is 0 Å². The number of hydrogen-bond donors (Lipinski definition) is 2. The van der Waals surface area contributed by atoms with E-state index in [2.05, 4.69) is 20.8 Å². The van der Waals surface area contributed by atoms with Gasteiger partial charge in [-0.25, -0.2) is 9.37 Å². The SMILES string of the molecule is O=C(Cc1cccc(F)c1)NNC(=O)c1cnccn1. The maximum Gasteiger partial charge on any atom is 0.289 e. The minimum atomic E-state index is -0.578. The third-order valence-electron chi connectivity index (χ3n) is 2.36. The Morgan fingerprint density at radius 3 is 2.75 bits per heavy atom. The van der Waals surface area contributed by atoms with Crippen molar-refractivity contribution >= 4 is 11.8 Å². The van der Waals surface area contributed by atoms with Crippen LogP contribution in [0.15, 0.2) is 42.9 Å². The number of carbonyl (C=O) groups excluding carboxylic acids is 2. The van der Waals surface area contributed by atoms with E-state index in [1.54, 1.807) is 6.07 Å². The fourth-order valence-corrected chi connectivity index (χ4v) is 1.48. The minimum absolute atomic E-state index is 0.0431. The predicted octanol–water partition coefficient (Wildman–Crippen LogP) is 0.619. The molecular weight excluding hydrogens is 263 g/mol. The molecule has 7 heteroatoms. The maximum atomic E-state index is 12.9. The van der Waals surface area contributed by atoms with Crippen LogP contribution in [0.1, 0.15) is 16.1 Å². The van der Waals surface area contributed by atoms with Gasteiger partial charge in [0.05, 0.1) is 12.6 Å². The van der Waals surface area contributed by atoms with Crippen LogP contribution < -0.4 is 10.9 Å². The van der Waals surface area contributed by atoms with Crippen molar-refractivity contribution in [1.82, 2.24) is 20.8 Å². The zero-order chi connectivity index (χ0) is 14.4. The molecule has 0 bridgehead atoms. The highest BCUT2D eigenvalue weighted by atomic mass is 19.1. The van der Waals surface area contributed by atoms with Crippen LogP contribution in [0.5, 0.6) is 0 Å². The molecule has 2 N–H and O–H groups in total. The topological polar surface area (TPSA) is 84.0 Å². The molecule has 2 aromatic rings. The standard InChI is InChI=1S/C13H11FN4O2/c14-10-3-1-2-9(6-10)7-12(19)17-18-13(20)11-8-15-4-5-16-11/h1-6,8H,7H2,(H,17,19)(H,18,20). The van der Waals surface area contributed by atoms with Crippen molar-refractivity contribution in [1.29, 1.82) is 0 Å². The smallest absolute Gasteiger partial charge is 0.273 e. The largest absolute Gasteiger partial charge is 0.289 e. The second-order valence-electron chi connectivity index (χ2n) is 3.90. The number of nitrogens with zero attached hydrogens (tertiary/aromatic N) is 2. The highest BCUT2D eigenvalue weighted by molar-refractivity contribution is 5.93. The minimum Gasteiger partial charge on any atom is -0.273 e. The summed E-state index contributed by atoms with van der Waals surface area (Å²) in [6.07, 6.45) is 4.02. The molecule has 0 aliphatic rings. The Bertz CT molecular complexity index is 619. The van der Waals surface area contributed by atoms with E-state index in [1.807, 2.05) is 0 Å². The lowest BCUT2D eigenvalue weighted by Crippen LogP contribution is -2.42. The summed E-state index contributed by atoms with van der Waals surface area (Å²) in [4.78, 5) is 30.7. The number of hydrogen-bond acceptors (Lipinski definition) is 4. The molecule has 1 aromatic heterocycles. The molecule has 0 saturated carbocycles. The molecule has 0 unspecified atom stereocenters. The van der Waals surface area contributed by atoms with Crippen molar-refractivity contribution in [3.05, 3.63) is 59.9 Å². The molecule has 0 spiro atoms. The molecule has 6 nitrogen and oxygen atoms in total. The quantitative estimate of drug-likeness (QED) is 0.804.